The fourth-order valence-electron chi connectivity index (χ4n) is 6.55. The average Bonchev–Trinajstić information content (AvgIpc) is 2.65. The Morgan fingerprint density at radius 2 is 2.04 bits per heavy atom. The predicted molar refractivity (Wildman–Crippen MR) is 112 cm³/mol. The van der Waals surface area contributed by atoms with Gasteiger partial charge in [-0.1, -0.05) is 51.8 Å². The van der Waals surface area contributed by atoms with Crippen molar-refractivity contribution in [2.24, 2.45) is 28.1 Å². The van der Waals surface area contributed by atoms with Crippen LogP contribution in [0.5, 0.6) is 0 Å². The molecule has 1 amide bonds. The first kappa shape index (κ1) is 21.1. The number of carboxylic acid groups (broad SMARTS) is 1. The van der Waals surface area contributed by atoms with Crippen LogP contribution in [0.4, 0.5) is 0 Å². The Kier molecular flexibility index (Phi) is 5.55. The van der Waals surface area contributed by atoms with Crippen molar-refractivity contribution in [3.05, 3.63) is 24.3 Å². The molecule has 4 nitrogen and oxygen atoms in total. The minimum Gasteiger partial charge on any atom is -0.480 e. The highest BCUT2D eigenvalue weighted by atomic mass is 16.4. The molecule has 2 fully saturated rings. The Hall–Kier alpha value is -1.58. The summed E-state index contributed by atoms with van der Waals surface area (Å²) in [5.74, 6) is -0.148. The Labute approximate surface area is 169 Å². The minimum atomic E-state index is -0.944. The maximum Gasteiger partial charge on any atom is 0.326 e. The first-order chi connectivity index (χ1) is 13.1. The molecule has 0 unspecified atom stereocenters. The number of carbonyl (C=O) groups excluding carboxylic acids is 1. The van der Waals surface area contributed by atoms with Gasteiger partial charge in [-0.3, -0.25) is 4.79 Å². The van der Waals surface area contributed by atoms with Crippen molar-refractivity contribution in [3.63, 3.8) is 0 Å². The Morgan fingerprint density at radius 1 is 1.32 bits per heavy atom. The van der Waals surface area contributed by atoms with Crippen molar-refractivity contribution >= 4 is 11.9 Å². The van der Waals surface area contributed by atoms with E-state index in [-0.39, 0.29) is 22.7 Å². The number of carboxylic acids is 1. The number of fused-ring (bicyclic) bond motifs is 3. The second kappa shape index (κ2) is 7.35. The normalized spacial score (nSPS) is 41.1. The monoisotopic (exact) mass is 387 g/mol. The SMILES string of the molecule is C=C[C@@]1(C)CC=C2[C@@H](CC[C@@H]3[C@](C)(C(=O)N[C@@H](CC)C(=O)O)CCC[C@@]23C)C1. The quantitative estimate of drug-likeness (QED) is 0.645. The predicted octanol–water partition coefficient (Wildman–Crippen LogP) is 5.10. The molecule has 2 N–H and O–H groups in total. The fourth-order valence-corrected chi connectivity index (χ4v) is 6.55. The number of aliphatic carboxylic acids is 1. The molecule has 0 heterocycles. The van der Waals surface area contributed by atoms with Crippen LogP contribution in [0.25, 0.3) is 0 Å². The van der Waals surface area contributed by atoms with Gasteiger partial charge in [0.05, 0.1) is 5.41 Å². The first-order valence-corrected chi connectivity index (χ1v) is 11.0. The number of allylic oxidation sites excluding steroid dienone is 3. The summed E-state index contributed by atoms with van der Waals surface area (Å²) >= 11 is 0. The highest BCUT2D eigenvalue weighted by molar-refractivity contribution is 5.87. The molecule has 3 aliphatic rings. The molecule has 3 aliphatic carbocycles. The van der Waals surface area contributed by atoms with Gasteiger partial charge in [0, 0.05) is 0 Å². The van der Waals surface area contributed by atoms with E-state index in [1.54, 1.807) is 12.5 Å². The molecule has 0 aromatic rings. The molecule has 3 rings (SSSR count). The van der Waals surface area contributed by atoms with E-state index in [2.05, 4.69) is 44.8 Å². The van der Waals surface area contributed by atoms with Crippen molar-refractivity contribution in [2.75, 3.05) is 0 Å². The van der Waals surface area contributed by atoms with Crippen molar-refractivity contribution in [1.82, 2.24) is 5.32 Å². The topological polar surface area (TPSA) is 66.4 Å². The van der Waals surface area contributed by atoms with Crippen LogP contribution in [0.15, 0.2) is 24.3 Å². The van der Waals surface area contributed by atoms with E-state index in [4.69, 9.17) is 0 Å². The average molecular weight is 388 g/mol. The smallest absolute Gasteiger partial charge is 0.326 e. The van der Waals surface area contributed by atoms with E-state index < -0.39 is 17.4 Å². The lowest BCUT2D eigenvalue weighted by Gasteiger charge is -2.58. The highest BCUT2D eigenvalue weighted by Crippen LogP contribution is 2.63. The summed E-state index contributed by atoms with van der Waals surface area (Å²) in [6.07, 6.45) is 12.3. The molecule has 6 atom stereocenters. The molecular weight excluding hydrogens is 350 g/mol. The minimum absolute atomic E-state index is 0.0424. The van der Waals surface area contributed by atoms with Crippen molar-refractivity contribution in [1.29, 1.82) is 0 Å². The second-order valence-electron chi connectivity index (χ2n) is 10.2. The lowest BCUT2D eigenvalue weighted by Crippen LogP contribution is -2.57. The maximum absolute atomic E-state index is 13.3. The van der Waals surface area contributed by atoms with Crippen molar-refractivity contribution < 1.29 is 14.7 Å². The van der Waals surface area contributed by atoms with Crippen LogP contribution in [0.1, 0.15) is 79.1 Å². The Morgan fingerprint density at radius 3 is 2.64 bits per heavy atom. The van der Waals surface area contributed by atoms with Crippen LogP contribution in [0.3, 0.4) is 0 Å². The van der Waals surface area contributed by atoms with Gasteiger partial charge in [0.15, 0.2) is 0 Å². The van der Waals surface area contributed by atoms with Crippen LogP contribution >= 0.6 is 0 Å². The molecule has 0 saturated heterocycles. The molecule has 0 spiro atoms. The summed E-state index contributed by atoms with van der Waals surface area (Å²) in [5.41, 5.74) is 1.29. The Balaban J connectivity index is 1.90. The third kappa shape index (κ3) is 3.33. The third-order valence-corrected chi connectivity index (χ3v) is 8.36. The molecule has 0 aromatic heterocycles. The van der Waals surface area contributed by atoms with Crippen LogP contribution < -0.4 is 5.32 Å². The van der Waals surface area contributed by atoms with Gasteiger partial charge in [-0.05, 0) is 67.6 Å². The molecule has 0 aromatic carbocycles. The number of amides is 1. The summed E-state index contributed by atoms with van der Waals surface area (Å²) in [4.78, 5) is 24.7. The summed E-state index contributed by atoms with van der Waals surface area (Å²) in [6.45, 7) is 12.6. The Bertz CT molecular complexity index is 698. The zero-order chi connectivity index (χ0) is 20.7. The molecule has 2 saturated carbocycles. The maximum atomic E-state index is 13.3. The van der Waals surface area contributed by atoms with E-state index in [0.29, 0.717) is 12.3 Å². The molecule has 0 bridgehead atoms. The molecule has 28 heavy (non-hydrogen) atoms. The van der Waals surface area contributed by atoms with Crippen molar-refractivity contribution in [3.8, 4) is 0 Å². The number of hydrogen-bond donors (Lipinski definition) is 2. The zero-order valence-corrected chi connectivity index (χ0v) is 18.0. The summed E-state index contributed by atoms with van der Waals surface area (Å²) in [5, 5.41) is 12.2. The van der Waals surface area contributed by atoms with E-state index in [1.165, 1.54) is 0 Å². The second-order valence-corrected chi connectivity index (χ2v) is 10.2. The van der Waals surface area contributed by atoms with E-state index >= 15 is 0 Å². The van der Waals surface area contributed by atoms with Crippen LogP contribution in [-0.4, -0.2) is 23.0 Å². The number of carbonyl (C=O) groups is 2. The fraction of sp³-hybridized carbons (Fsp3) is 0.750. The largest absolute Gasteiger partial charge is 0.480 e. The lowest BCUT2D eigenvalue weighted by atomic mass is 9.46. The van der Waals surface area contributed by atoms with Gasteiger partial charge < -0.3 is 10.4 Å². The summed E-state index contributed by atoms with van der Waals surface area (Å²) in [6, 6.07) is -0.795. The lowest BCUT2D eigenvalue weighted by molar-refractivity contribution is -0.149. The first-order valence-electron chi connectivity index (χ1n) is 11.0. The van der Waals surface area contributed by atoms with Gasteiger partial charge in [-0.2, -0.15) is 0 Å². The van der Waals surface area contributed by atoms with Gasteiger partial charge in [0.25, 0.3) is 0 Å². The van der Waals surface area contributed by atoms with Gasteiger partial charge >= 0.3 is 5.97 Å². The van der Waals surface area contributed by atoms with Crippen LogP contribution in [-0.2, 0) is 9.59 Å². The molecule has 4 heteroatoms. The van der Waals surface area contributed by atoms with E-state index in [0.717, 1.165) is 44.9 Å². The molecule has 156 valence electrons. The third-order valence-electron chi connectivity index (χ3n) is 8.36. The van der Waals surface area contributed by atoms with E-state index in [9.17, 15) is 14.7 Å². The van der Waals surface area contributed by atoms with Crippen LogP contribution in [0.2, 0.25) is 0 Å². The van der Waals surface area contributed by atoms with E-state index in [1.807, 2.05) is 0 Å². The number of hydrogen-bond acceptors (Lipinski definition) is 2. The number of nitrogens with one attached hydrogen (secondary N) is 1. The highest BCUT2D eigenvalue weighted by Gasteiger charge is 2.57. The summed E-state index contributed by atoms with van der Waals surface area (Å²) in [7, 11) is 0. The van der Waals surface area contributed by atoms with Crippen LogP contribution in [0, 0.1) is 28.1 Å². The standard InChI is InChI=1S/C24H37NO3/c1-6-18(20(26)27)25-21(28)24(5)13-8-12-23(4)17-11-14-22(3,7-2)15-16(17)9-10-19(23)24/h7,11,16,18-19H,2,6,8-10,12-15H2,1,3-5H3,(H,25,28)(H,26,27)/t16-,18-,19-,22-,23-,24+/m0/s1. The van der Waals surface area contributed by atoms with Gasteiger partial charge in [-0.15, -0.1) is 6.58 Å². The zero-order valence-electron chi connectivity index (χ0n) is 18.0. The van der Waals surface area contributed by atoms with Crippen molar-refractivity contribution in [2.45, 2.75) is 85.1 Å². The molecule has 0 radical (unpaired) electrons. The number of rotatable bonds is 5. The van der Waals surface area contributed by atoms with Gasteiger partial charge in [-0.25, -0.2) is 4.79 Å². The van der Waals surface area contributed by atoms with Gasteiger partial charge in [0.1, 0.15) is 6.04 Å². The molecule has 0 aliphatic heterocycles. The summed E-state index contributed by atoms with van der Waals surface area (Å²) < 4.78 is 0. The molecular formula is C24H37NO3. The van der Waals surface area contributed by atoms with Gasteiger partial charge in [0.2, 0.25) is 5.91 Å².